The van der Waals surface area contributed by atoms with Crippen LogP contribution in [0, 0.1) is 0 Å². The SMILES string of the molecule is NC(=S)C(CN1CCOCC1)c1ccc2ccccc2n1. The van der Waals surface area contributed by atoms with E-state index in [2.05, 4.69) is 17.0 Å². The van der Waals surface area contributed by atoms with E-state index in [-0.39, 0.29) is 5.92 Å². The highest BCUT2D eigenvalue weighted by Gasteiger charge is 2.21. The summed E-state index contributed by atoms with van der Waals surface area (Å²) >= 11 is 5.27. The molecule has 2 N–H and O–H groups in total. The third-order valence-corrected chi connectivity index (χ3v) is 4.15. The number of pyridine rings is 1. The minimum atomic E-state index is -0.0114. The molecule has 2 heterocycles. The van der Waals surface area contributed by atoms with E-state index in [0.29, 0.717) is 4.99 Å². The normalized spacial score (nSPS) is 17.7. The number of fused-ring (bicyclic) bond motifs is 1. The second-order valence-electron chi connectivity index (χ2n) is 5.30. The Morgan fingerprint density at radius 3 is 2.76 bits per heavy atom. The quantitative estimate of drug-likeness (QED) is 0.875. The molecule has 0 amide bonds. The first-order valence-corrected chi connectivity index (χ1v) is 7.60. The Labute approximate surface area is 129 Å². The minimum Gasteiger partial charge on any atom is -0.393 e. The van der Waals surface area contributed by atoms with Crippen molar-refractivity contribution in [3.05, 3.63) is 42.1 Å². The van der Waals surface area contributed by atoms with Gasteiger partial charge in [0.2, 0.25) is 0 Å². The van der Waals surface area contributed by atoms with Crippen LogP contribution >= 0.6 is 12.2 Å². The molecule has 0 aliphatic carbocycles. The zero-order chi connectivity index (χ0) is 14.7. The summed E-state index contributed by atoms with van der Waals surface area (Å²) in [5.41, 5.74) is 7.90. The number of para-hydroxylation sites is 1. The fraction of sp³-hybridized carbons (Fsp3) is 0.375. The molecule has 1 aromatic carbocycles. The van der Waals surface area contributed by atoms with Crippen LogP contribution in [-0.4, -0.2) is 47.7 Å². The molecule has 0 bridgehead atoms. The van der Waals surface area contributed by atoms with Crippen molar-refractivity contribution in [1.29, 1.82) is 0 Å². The van der Waals surface area contributed by atoms with Gasteiger partial charge in [0.1, 0.15) is 0 Å². The Hall–Kier alpha value is -1.56. The van der Waals surface area contributed by atoms with Crippen LogP contribution in [-0.2, 0) is 4.74 Å². The van der Waals surface area contributed by atoms with Gasteiger partial charge in [-0.25, -0.2) is 0 Å². The Kier molecular flexibility index (Phi) is 4.43. The molecule has 1 aliphatic heterocycles. The number of aromatic nitrogens is 1. The zero-order valence-electron chi connectivity index (χ0n) is 11.9. The highest BCUT2D eigenvalue weighted by molar-refractivity contribution is 7.80. The maximum absolute atomic E-state index is 5.96. The van der Waals surface area contributed by atoms with Gasteiger partial charge in [0.25, 0.3) is 0 Å². The monoisotopic (exact) mass is 301 g/mol. The molecule has 5 heteroatoms. The van der Waals surface area contributed by atoms with Crippen LogP contribution in [0.5, 0.6) is 0 Å². The van der Waals surface area contributed by atoms with E-state index in [4.69, 9.17) is 27.7 Å². The topological polar surface area (TPSA) is 51.4 Å². The van der Waals surface area contributed by atoms with Crippen molar-refractivity contribution < 1.29 is 4.74 Å². The summed E-state index contributed by atoms with van der Waals surface area (Å²) in [6.45, 7) is 4.20. The second-order valence-corrected chi connectivity index (χ2v) is 5.77. The van der Waals surface area contributed by atoms with Crippen LogP contribution in [0.25, 0.3) is 10.9 Å². The van der Waals surface area contributed by atoms with Crippen molar-refractivity contribution in [1.82, 2.24) is 9.88 Å². The van der Waals surface area contributed by atoms with E-state index in [1.54, 1.807) is 0 Å². The van der Waals surface area contributed by atoms with Gasteiger partial charge in [-0.15, -0.1) is 0 Å². The lowest BCUT2D eigenvalue weighted by molar-refractivity contribution is 0.0373. The van der Waals surface area contributed by atoms with Crippen molar-refractivity contribution in [3.8, 4) is 0 Å². The van der Waals surface area contributed by atoms with Crippen LogP contribution in [0.2, 0.25) is 0 Å². The van der Waals surface area contributed by atoms with Crippen molar-refractivity contribution in [3.63, 3.8) is 0 Å². The predicted octanol–water partition coefficient (Wildman–Crippen LogP) is 1.94. The highest BCUT2D eigenvalue weighted by atomic mass is 32.1. The fourth-order valence-corrected chi connectivity index (χ4v) is 2.84. The van der Waals surface area contributed by atoms with Gasteiger partial charge in [-0.2, -0.15) is 0 Å². The summed E-state index contributed by atoms with van der Waals surface area (Å²) in [4.78, 5) is 7.58. The Balaban J connectivity index is 1.85. The Morgan fingerprint density at radius 2 is 2.00 bits per heavy atom. The van der Waals surface area contributed by atoms with Crippen molar-refractivity contribution in [2.75, 3.05) is 32.8 Å². The smallest absolute Gasteiger partial charge is 0.0832 e. The highest BCUT2D eigenvalue weighted by Crippen LogP contribution is 2.20. The summed E-state index contributed by atoms with van der Waals surface area (Å²) in [6, 6.07) is 12.2. The van der Waals surface area contributed by atoms with Gasteiger partial charge in [-0.1, -0.05) is 36.5 Å². The molecule has 110 valence electrons. The van der Waals surface area contributed by atoms with Crippen molar-refractivity contribution >= 4 is 28.1 Å². The minimum absolute atomic E-state index is 0.0114. The number of ether oxygens (including phenoxy) is 1. The van der Waals surface area contributed by atoms with Gasteiger partial charge in [0, 0.05) is 25.0 Å². The number of benzene rings is 1. The molecule has 1 aromatic heterocycles. The number of morpholine rings is 1. The molecule has 0 saturated carbocycles. The van der Waals surface area contributed by atoms with E-state index >= 15 is 0 Å². The first-order valence-electron chi connectivity index (χ1n) is 7.19. The summed E-state index contributed by atoms with van der Waals surface area (Å²) in [5, 5.41) is 1.13. The molecule has 0 spiro atoms. The van der Waals surface area contributed by atoms with Gasteiger partial charge in [0.15, 0.2) is 0 Å². The van der Waals surface area contributed by atoms with Crippen LogP contribution < -0.4 is 5.73 Å². The first kappa shape index (κ1) is 14.4. The summed E-state index contributed by atoms with van der Waals surface area (Å²) in [7, 11) is 0. The fourth-order valence-electron chi connectivity index (χ4n) is 2.65. The average molecular weight is 301 g/mol. The standard InChI is InChI=1S/C16H19N3OS/c17-16(21)13(11-19-7-9-20-10-8-19)15-6-5-12-3-1-2-4-14(12)18-15/h1-6,13H,7-11H2,(H2,17,21). The molecule has 3 rings (SSSR count). The van der Waals surface area contributed by atoms with Gasteiger partial charge >= 0.3 is 0 Å². The molecular formula is C16H19N3OS. The predicted molar refractivity (Wildman–Crippen MR) is 88.5 cm³/mol. The lowest BCUT2D eigenvalue weighted by Crippen LogP contribution is -2.41. The maximum Gasteiger partial charge on any atom is 0.0832 e. The van der Waals surface area contributed by atoms with Crippen molar-refractivity contribution in [2.24, 2.45) is 5.73 Å². The molecule has 1 aliphatic rings. The maximum atomic E-state index is 5.96. The molecule has 21 heavy (non-hydrogen) atoms. The molecule has 1 atom stereocenters. The van der Waals surface area contributed by atoms with E-state index in [0.717, 1.165) is 49.4 Å². The molecule has 0 radical (unpaired) electrons. The molecule has 4 nitrogen and oxygen atoms in total. The Bertz CT molecular complexity index is 640. The number of rotatable bonds is 4. The largest absolute Gasteiger partial charge is 0.393 e. The summed E-state index contributed by atoms with van der Waals surface area (Å²) in [6.07, 6.45) is 0. The van der Waals surface area contributed by atoms with Gasteiger partial charge in [-0.3, -0.25) is 9.88 Å². The number of thiocarbonyl (C=S) groups is 1. The summed E-state index contributed by atoms with van der Waals surface area (Å²) in [5.74, 6) is -0.0114. The molecule has 2 aromatic rings. The average Bonchev–Trinajstić information content (AvgIpc) is 2.53. The van der Waals surface area contributed by atoms with E-state index in [9.17, 15) is 0 Å². The van der Waals surface area contributed by atoms with Crippen LogP contribution in [0.3, 0.4) is 0 Å². The van der Waals surface area contributed by atoms with E-state index < -0.39 is 0 Å². The molecular weight excluding hydrogens is 282 g/mol. The van der Waals surface area contributed by atoms with Gasteiger partial charge in [-0.05, 0) is 12.1 Å². The zero-order valence-corrected chi connectivity index (χ0v) is 12.7. The number of nitrogens with zero attached hydrogens (tertiary/aromatic N) is 2. The van der Waals surface area contributed by atoms with E-state index in [1.807, 2.05) is 24.3 Å². The lowest BCUT2D eigenvalue weighted by atomic mass is 10.0. The summed E-state index contributed by atoms with van der Waals surface area (Å²) < 4.78 is 5.38. The van der Waals surface area contributed by atoms with Gasteiger partial charge in [0.05, 0.1) is 35.3 Å². The molecule has 1 unspecified atom stereocenters. The third-order valence-electron chi connectivity index (χ3n) is 3.86. The molecule has 1 saturated heterocycles. The number of hydrogen-bond donors (Lipinski definition) is 1. The first-order chi connectivity index (χ1) is 10.2. The van der Waals surface area contributed by atoms with Gasteiger partial charge < -0.3 is 10.5 Å². The number of nitrogens with two attached hydrogens (primary N) is 1. The lowest BCUT2D eigenvalue weighted by Gasteiger charge is -2.29. The molecule has 1 fully saturated rings. The van der Waals surface area contributed by atoms with Crippen LogP contribution in [0.1, 0.15) is 11.6 Å². The Morgan fingerprint density at radius 1 is 1.24 bits per heavy atom. The van der Waals surface area contributed by atoms with Crippen LogP contribution in [0.4, 0.5) is 0 Å². The van der Waals surface area contributed by atoms with Crippen LogP contribution in [0.15, 0.2) is 36.4 Å². The van der Waals surface area contributed by atoms with E-state index in [1.165, 1.54) is 0 Å². The number of hydrogen-bond acceptors (Lipinski definition) is 4. The second kappa shape index (κ2) is 6.47. The third kappa shape index (κ3) is 3.37. The van der Waals surface area contributed by atoms with Crippen molar-refractivity contribution in [2.45, 2.75) is 5.92 Å².